The number of nitrogens with zero attached hydrogens (tertiary/aromatic N) is 2. The van der Waals surface area contributed by atoms with Crippen molar-refractivity contribution in [3.63, 3.8) is 0 Å². The molecule has 6 heteroatoms. The topological polar surface area (TPSA) is 93.2 Å². The number of rotatable bonds is 5. The monoisotopic (exact) mass is 404 g/mol. The second kappa shape index (κ2) is 7.61. The van der Waals surface area contributed by atoms with E-state index < -0.39 is 12.0 Å². The lowest BCUT2D eigenvalue weighted by Crippen LogP contribution is -2.26. The molecule has 1 aliphatic rings. The number of nitrogens with two attached hydrogens (primary N) is 1. The lowest BCUT2D eigenvalue weighted by molar-refractivity contribution is 0.0980. The summed E-state index contributed by atoms with van der Waals surface area (Å²) in [4.78, 5) is 16.1. The fraction of sp³-hybridized carbons (Fsp3) is 0.333. The van der Waals surface area contributed by atoms with Crippen LogP contribution >= 0.6 is 0 Å². The van der Waals surface area contributed by atoms with Crippen molar-refractivity contribution in [2.24, 2.45) is 11.1 Å². The first-order chi connectivity index (χ1) is 14.2. The van der Waals surface area contributed by atoms with Gasteiger partial charge in [-0.1, -0.05) is 19.9 Å². The van der Waals surface area contributed by atoms with Crippen LogP contribution < -0.4 is 11.1 Å². The zero-order valence-electron chi connectivity index (χ0n) is 17.6. The minimum Gasteiger partial charge on any atom is -0.388 e. The summed E-state index contributed by atoms with van der Waals surface area (Å²) < 4.78 is 2.13. The standard InChI is InChI=1S/C24H28N4O2/c1-15-14-28(20-10-24(2,3)11-21(29)22(15)20)17-6-7-18(23(25)30)19(9-17)27-13-16-5-4-8-26-12-16/h4-9,12,14,21,27,29H,10-11,13H2,1-3H3,(H2,25,30). The van der Waals surface area contributed by atoms with Crippen LogP contribution in [0.5, 0.6) is 0 Å². The molecule has 0 spiro atoms. The summed E-state index contributed by atoms with van der Waals surface area (Å²) in [6, 6.07) is 9.47. The van der Waals surface area contributed by atoms with E-state index in [9.17, 15) is 9.90 Å². The third-order valence-corrected chi connectivity index (χ3v) is 5.83. The van der Waals surface area contributed by atoms with Gasteiger partial charge < -0.3 is 20.7 Å². The number of aromatic nitrogens is 2. The van der Waals surface area contributed by atoms with Crippen LogP contribution in [-0.4, -0.2) is 20.6 Å². The highest BCUT2D eigenvalue weighted by molar-refractivity contribution is 5.98. The van der Waals surface area contributed by atoms with Gasteiger partial charge in [-0.15, -0.1) is 0 Å². The predicted octanol–water partition coefficient (Wildman–Crippen LogP) is 3.90. The number of primary amides is 1. The molecule has 0 radical (unpaired) electrons. The first-order valence-corrected chi connectivity index (χ1v) is 10.2. The molecule has 0 bridgehead atoms. The Kier molecular flexibility index (Phi) is 5.12. The van der Waals surface area contributed by atoms with Gasteiger partial charge in [0.1, 0.15) is 0 Å². The minimum atomic E-state index is -0.475. The van der Waals surface area contributed by atoms with Gasteiger partial charge in [0.15, 0.2) is 0 Å². The minimum absolute atomic E-state index is 0.0174. The Balaban J connectivity index is 1.74. The molecule has 0 fully saturated rings. The molecule has 6 nitrogen and oxygen atoms in total. The van der Waals surface area contributed by atoms with Crippen LogP contribution in [0.2, 0.25) is 0 Å². The van der Waals surface area contributed by atoms with Crippen molar-refractivity contribution in [3.05, 3.63) is 76.9 Å². The zero-order valence-corrected chi connectivity index (χ0v) is 17.6. The number of pyridine rings is 1. The molecule has 30 heavy (non-hydrogen) atoms. The van der Waals surface area contributed by atoms with E-state index in [0.29, 0.717) is 17.8 Å². The largest absolute Gasteiger partial charge is 0.388 e. The maximum atomic E-state index is 12.0. The average molecular weight is 405 g/mol. The van der Waals surface area contributed by atoms with Crippen LogP contribution in [0.15, 0.2) is 48.9 Å². The maximum Gasteiger partial charge on any atom is 0.250 e. The fourth-order valence-corrected chi connectivity index (χ4v) is 4.46. The molecule has 2 heterocycles. The zero-order chi connectivity index (χ0) is 21.5. The van der Waals surface area contributed by atoms with Crippen molar-refractivity contribution >= 4 is 11.6 Å². The third-order valence-electron chi connectivity index (χ3n) is 5.83. The van der Waals surface area contributed by atoms with Crippen molar-refractivity contribution in [2.75, 3.05) is 5.32 Å². The van der Waals surface area contributed by atoms with E-state index in [2.05, 4.69) is 34.9 Å². The van der Waals surface area contributed by atoms with Crippen LogP contribution in [0.1, 0.15) is 59.1 Å². The van der Waals surface area contributed by atoms with Gasteiger partial charge in [-0.2, -0.15) is 0 Å². The van der Waals surface area contributed by atoms with E-state index in [1.165, 1.54) is 0 Å². The number of aryl methyl sites for hydroxylation is 1. The number of hydrogen-bond donors (Lipinski definition) is 3. The molecule has 0 saturated heterocycles. The summed E-state index contributed by atoms with van der Waals surface area (Å²) >= 11 is 0. The number of benzene rings is 1. The molecule has 156 valence electrons. The Bertz CT molecular complexity index is 1090. The average Bonchev–Trinajstić information content (AvgIpc) is 3.02. The Morgan fingerprint density at radius 1 is 1.37 bits per heavy atom. The number of fused-ring (bicyclic) bond motifs is 1. The number of hydrogen-bond acceptors (Lipinski definition) is 4. The molecule has 0 aliphatic heterocycles. The number of anilines is 1. The first-order valence-electron chi connectivity index (χ1n) is 10.2. The molecular formula is C24H28N4O2. The lowest BCUT2D eigenvalue weighted by Gasteiger charge is -2.34. The molecule has 2 aromatic heterocycles. The van der Waals surface area contributed by atoms with Crippen molar-refractivity contribution in [3.8, 4) is 5.69 Å². The van der Waals surface area contributed by atoms with Gasteiger partial charge in [-0.25, -0.2) is 0 Å². The quantitative estimate of drug-likeness (QED) is 0.601. The Labute approximate surface area is 176 Å². The van der Waals surface area contributed by atoms with Crippen LogP contribution in [0, 0.1) is 12.3 Å². The summed E-state index contributed by atoms with van der Waals surface area (Å²) in [6.07, 6.45) is 6.76. The van der Waals surface area contributed by atoms with Gasteiger partial charge in [0.05, 0.1) is 11.7 Å². The molecule has 1 unspecified atom stereocenters. The molecule has 1 atom stereocenters. The molecule has 4 N–H and O–H groups in total. The molecule has 1 amide bonds. The van der Waals surface area contributed by atoms with E-state index in [0.717, 1.165) is 40.9 Å². The van der Waals surface area contributed by atoms with E-state index in [1.54, 1.807) is 18.5 Å². The number of aliphatic hydroxyl groups is 1. The number of amides is 1. The number of carbonyl (C=O) groups is 1. The van der Waals surface area contributed by atoms with Crippen LogP contribution in [-0.2, 0) is 13.0 Å². The predicted molar refractivity (Wildman–Crippen MR) is 118 cm³/mol. The molecular weight excluding hydrogens is 376 g/mol. The second-order valence-corrected chi connectivity index (χ2v) is 8.91. The van der Waals surface area contributed by atoms with E-state index >= 15 is 0 Å². The highest BCUT2D eigenvalue weighted by atomic mass is 16.3. The number of aliphatic hydroxyl groups excluding tert-OH is 1. The van der Waals surface area contributed by atoms with Gasteiger partial charge in [0.2, 0.25) is 0 Å². The summed E-state index contributed by atoms with van der Waals surface area (Å²) in [5.74, 6) is -0.475. The van der Waals surface area contributed by atoms with Gasteiger partial charge >= 0.3 is 0 Å². The highest BCUT2D eigenvalue weighted by Crippen LogP contribution is 2.43. The first kappa shape index (κ1) is 20.2. The third kappa shape index (κ3) is 3.83. The van der Waals surface area contributed by atoms with Crippen molar-refractivity contribution in [2.45, 2.75) is 46.3 Å². The summed E-state index contributed by atoms with van der Waals surface area (Å²) in [5, 5.41) is 14.1. The van der Waals surface area contributed by atoms with E-state index in [-0.39, 0.29) is 5.41 Å². The number of nitrogens with one attached hydrogen (secondary N) is 1. The van der Waals surface area contributed by atoms with Gasteiger partial charge in [-0.3, -0.25) is 9.78 Å². The molecule has 4 rings (SSSR count). The van der Waals surface area contributed by atoms with Crippen LogP contribution in [0.25, 0.3) is 5.69 Å². The van der Waals surface area contributed by atoms with Crippen LogP contribution in [0.3, 0.4) is 0 Å². The Hall–Kier alpha value is -3.12. The summed E-state index contributed by atoms with van der Waals surface area (Å²) in [7, 11) is 0. The number of carbonyl (C=O) groups excluding carboxylic acids is 1. The molecule has 1 aliphatic carbocycles. The van der Waals surface area contributed by atoms with Gasteiger partial charge in [-0.05, 0) is 60.6 Å². The van der Waals surface area contributed by atoms with Crippen molar-refractivity contribution in [1.29, 1.82) is 0 Å². The van der Waals surface area contributed by atoms with Crippen molar-refractivity contribution < 1.29 is 9.90 Å². The highest BCUT2D eigenvalue weighted by Gasteiger charge is 2.35. The van der Waals surface area contributed by atoms with Gasteiger partial charge in [0.25, 0.3) is 5.91 Å². The van der Waals surface area contributed by atoms with Gasteiger partial charge in [0, 0.05) is 47.8 Å². The van der Waals surface area contributed by atoms with Crippen LogP contribution in [0.4, 0.5) is 5.69 Å². The molecule has 3 aromatic rings. The molecule has 1 aromatic carbocycles. The normalized spacial score (nSPS) is 17.4. The smallest absolute Gasteiger partial charge is 0.250 e. The van der Waals surface area contributed by atoms with E-state index in [1.807, 2.05) is 31.2 Å². The maximum absolute atomic E-state index is 12.0. The lowest BCUT2D eigenvalue weighted by atomic mass is 9.75. The summed E-state index contributed by atoms with van der Waals surface area (Å²) in [5.41, 5.74) is 11.9. The Morgan fingerprint density at radius 3 is 2.87 bits per heavy atom. The second-order valence-electron chi connectivity index (χ2n) is 8.91. The fourth-order valence-electron chi connectivity index (χ4n) is 4.46. The summed E-state index contributed by atoms with van der Waals surface area (Å²) in [6.45, 7) is 6.94. The Morgan fingerprint density at radius 2 is 2.17 bits per heavy atom. The SMILES string of the molecule is Cc1cn(-c2ccc(C(N)=O)c(NCc3cccnc3)c2)c2c1C(O)CC(C)(C)C2. The molecule has 0 saturated carbocycles. The van der Waals surface area contributed by atoms with E-state index in [4.69, 9.17) is 5.73 Å². The van der Waals surface area contributed by atoms with Crippen molar-refractivity contribution in [1.82, 2.24) is 9.55 Å².